The normalized spacial score (nSPS) is 10.0. The van der Waals surface area contributed by atoms with Gasteiger partial charge in [0.2, 0.25) is 5.95 Å². The Labute approximate surface area is 120 Å². The smallest absolute Gasteiger partial charge is 0.259 e. The van der Waals surface area contributed by atoms with Gasteiger partial charge >= 0.3 is 0 Å². The molecule has 1 amide bonds. The minimum Gasteiger partial charge on any atom is -0.493 e. The molecule has 0 saturated carbocycles. The number of nitrogens with zero attached hydrogens (tertiary/aromatic N) is 1. The molecule has 7 heteroatoms. The molecule has 0 aliphatic rings. The van der Waals surface area contributed by atoms with E-state index in [1.807, 2.05) is 0 Å². The van der Waals surface area contributed by atoms with E-state index in [1.54, 1.807) is 0 Å². The number of rotatable bonds is 4. The van der Waals surface area contributed by atoms with Gasteiger partial charge in [0.25, 0.3) is 5.91 Å². The molecule has 1 aromatic heterocycles. The van der Waals surface area contributed by atoms with Crippen molar-refractivity contribution in [2.24, 2.45) is 0 Å². The topological polar surface area (TPSA) is 86.5 Å². The molecule has 0 unspecified atom stereocenters. The first-order chi connectivity index (χ1) is 10.0. The van der Waals surface area contributed by atoms with Crippen molar-refractivity contribution < 1.29 is 18.7 Å². The van der Waals surface area contributed by atoms with Gasteiger partial charge in [-0.2, -0.15) is 4.39 Å². The number of anilines is 2. The molecule has 0 aliphatic carbocycles. The minimum atomic E-state index is -0.687. The van der Waals surface area contributed by atoms with Crippen molar-refractivity contribution in [3.8, 4) is 11.5 Å². The lowest BCUT2D eigenvalue weighted by molar-refractivity contribution is 0.102. The van der Waals surface area contributed by atoms with Crippen LogP contribution in [0.5, 0.6) is 11.5 Å². The molecule has 21 heavy (non-hydrogen) atoms. The average molecular weight is 291 g/mol. The van der Waals surface area contributed by atoms with Gasteiger partial charge in [-0.3, -0.25) is 4.79 Å². The maximum Gasteiger partial charge on any atom is 0.259 e. The average Bonchev–Trinajstić information content (AvgIpc) is 2.46. The second-order valence-corrected chi connectivity index (χ2v) is 4.09. The van der Waals surface area contributed by atoms with Crippen LogP contribution in [0.1, 0.15) is 10.4 Å². The monoisotopic (exact) mass is 291 g/mol. The van der Waals surface area contributed by atoms with Crippen LogP contribution in [0.3, 0.4) is 0 Å². The molecule has 0 saturated heterocycles. The molecule has 0 bridgehead atoms. The predicted molar refractivity (Wildman–Crippen MR) is 76.1 cm³/mol. The third kappa shape index (κ3) is 3.19. The van der Waals surface area contributed by atoms with Crippen molar-refractivity contribution in [2.75, 3.05) is 25.3 Å². The first-order valence-electron chi connectivity index (χ1n) is 6.00. The number of nitrogen functional groups attached to an aromatic ring is 1. The van der Waals surface area contributed by atoms with Crippen molar-refractivity contribution in [3.63, 3.8) is 0 Å². The lowest BCUT2D eigenvalue weighted by atomic mass is 10.1. The highest BCUT2D eigenvalue weighted by Crippen LogP contribution is 2.32. The number of halogens is 1. The summed E-state index contributed by atoms with van der Waals surface area (Å²) in [5.74, 6) is -0.340. The van der Waals surface area contributed by atoms with Crippen LogP contribution in [0.25, 0.3) is 0 Å². The molecule has 0 spiro atoms. The fourth-order valence-electron chi connectivity index (χ4n) is 1.75. The number of carbonyl (C=O) groups is 1. The van der Waals surface area contributed by atoms with Gasteiger partial charge in [-0.15, -0.1) is 0 Å². The highest BCUT2D eigenvalue weighted by molar-refractivity contribution is 6.07. The maximum atomic E-state index is 13.0. The molecule has 110 valence electrons. The molecule has 0 atom stereocenters. The summed E-state index contributed by atoms with van der Waals surface area (Å²) in [7, 11) is 2.91. The Kier molecular flexibility index (Phi) is 4.22. The largest absolute Gasteiger partial charge is 0.493 e. The van der Waals surface area contributed by atoms with E-state index >= 15 is 0 Å². The number of aromatic nitrogens is 1. The molecule has 0 fully saturated rings. The zero-order valence-electron chi connectivity index (χ0n) is 11.5. The zero-order chi connectivity index (χ0) is 15.4. The van der Waals surface area contributed by atoms with Gasteiger partial charge < -0.3 is 20.5 Å². The second-order valence-electron chi connectivity index (χ2n) is 4.09. The summed E-state index contributed by atoms with van der Waals surface area (Å²) in [4.78, 5) is 15.7. The third-order valence-electron chi connectivity index (χ3n) is 2.76. The van der Waals surface area contributed by atoms with Crippen LogP contribution in [0.4, 0.5) is 15.9 Å². The van der Waals surface area contributed by atoms with E-state index in [2.05, 4.69) is 10.3 Å². The standard InChI is InChI=1S/C14H14FN3O3/c1-20-10-6-8(9(16)7-11(10)21-2)14(19)18-13-5-3-4-12(15)17-13/h3-7H,16H2,1-2H3,(H,17,18,19). The first-order valence-corrected chi connectivity index (χ1v) is 6.00. The van der Waals surface area contributed by atoms with Gasteiger partial charge in [0.05, 0.1) is 19.8 Å². The molecule has 2 rings (SSSR count). The van der Waals surface area contributed by atoms with Gasteiger partial charge in [-0.1, -0.05) is 6.07 Å². The van der Waals surface area contributed by atoms with Gasteiger partial charge in [-0.25, -0.2) is 4.98 Å². The Morgan fingerprint density at radius 1 is 1.24 bits per heavy atom. The Morgan fingerprint density at radius 3 is 2.52 bits per heavy atom. The molecule has 3 N–H and O–H groups in total. The predicted octanol–water partition coefficient (Wildman–Crippen LogP) is 2.07. The summed E-state index contributed by atoms with van der Waals surface area (Å²) < 4.78 is 23.2. The van der Waals surface area contributed by atoms with Gasteiger partial charge in [0, 0.05) is 11.8 Å². The molecule has 1 aromatic carbocycles. The number of hydrogen-bond donors (Lipinski definition) is 2. The quantitative estimate of drug-likeness (QED) is 0.665. The molecule has 1 heterocycles. The Bertz CT molecular complexity index is 677. The SMILES string of the molecule is COc1cc(N)c(C(=O)Nc2cccc(F)n2)cc1OC. The Morgan fingerprint density at radius 2 is 1.90 bits per heavy atom. The van der Waals surface area contributed by atoms with Crippen LogP contribution in [-0.4, -0.2) is 25.1 Å². The van der Waals surface area contributed by atoms with Crippen molar-refractivity contribution in [3.05, 3.63) is 41.8 Å². The molecule has 0 aliphatic heterocycles. The number of amides is 1. The number of pyridine rings is 1. The summed E-state index contributed by atoms with van der Waals surface area (Å²) in [6.45, 7) is 0. The minimum absolute atomic E-state index is 0.0918. The number of hydrogen-bond acceptors (Lipinski definition) is 5. The summed E-state index contributed by atoms with van der Waals surface area (Å²) >= 11 is 0. The number of nitrogens with one attached hydrogen (secondary N) is 1. The highest BCUT2D eigenvalue weighted by atomic mass is 19.1. The summed E-state index contributed by atoms with van der Waals surface area (Å²) in [5.41, 5.74) is 6.20. The fraction of sp³-hybridized carbons (Fsp3) is 0.143. The van der Waals surface area contributed by atoms with Crippen molar-refractivity contribution in [1.29, 1.82) is 0 Å². The van der Waals surface area contributed by atoms with Crippen LogP contribution in [0.2, 0.25) is 0 Å². The van der Waals surface area contributed by atoms with Gasteiger partial charge in [0.15, 0.2) is 11.5 Å². The Balaban J connectivity index is 2.31. The summed E-state index contributed by atoms with van der Waals surface area (Å²) in [6.07, 6.45) is 0. The first kappa shape index (κ1) is 14.6. The lowest BCUT2D eigenvalue weighted by Gasteiger charge is -2.12. The molecular weight excluding hydrogens is 277 g/mol. The number of ether oxygens (including phenoxy) is 2. The van der Waals surface area contributed by atoms with Crippen molar-refractivity contribution in [1.82, 2.24) is 4.98 Å². The number of benzene rings is 1. The van der Waals surface area contributed by atoms with Crippen molar-refractivity contribution >= 4 is 17.4 Å². The van der Waals surface area contributed by atoms with Crippen molar-refractivity contribution in [2.45, 2.75) is 0 Å². The van der Waals surface area contributed by atoms with E-state index in [9.17, 15) is 9.18 Å². The van der Waals surface area contributed by atoms with Crippen LogP contribution in [-0.2, 0) is 0 Å². The number of nitrogens with two attached hydrogens (primary N) is 1. The van der Waals surface area contributed by atoms with Crippen LogP contribution < -0.4 is 20.5 Å². The van der Waals surface area contributed by atoms with E-state index in [0.717, 1.165) is 0 Å². The zero-order valence-corrected chi connectivity index (χ0v) is 11.5. The van der Waals surface area contributed by atoms with E-state index in [0.29, 0.717) is 11.5 Å². The van der Waals surface area contributed by atoms with Crippen LogP contribution >= 0.6 is 0 Å². The summed E-state index contributed by atoms with van der Waals surface area (Å²) in [6, 6.07) is 7.02. The number of methoxy groups -OCH3 is 2. The van der Waals surface area contributed by atoms with E-state index < -0.39 is 11.9 Å². The maximum absolute atomic E-state index is 13.0. The van der Waals surface area contributed by atoms with Crippen LogP contribution in [0, 0.1) is 5.95 Å². The number of carbonyl (C=O) groups excluding carboxylic acids is 1. The molecule has 6 nitrogen and oxygen atoms in total. The fourth-order valence-corrected chi connectivity index (χ4v) is 1.75. The third-order valence-corrected chi connectivity index (χ3v) is 2.76. The van der Waals surface area contributed by atoms with E-state index in [1.165, 1.54) is 44.6 Å². The van der Waals surface area contributed by atoms with Crippen LogP contribution in [0.15, 0.2) is 30.3 Å². The summed E-state index contributed by atoms with van der Waals surface area (Å²) in [5, 5.41) is 2.46. The van der Waals surface area contributed by atoms with Gasteiger partial charge in [0.1, 0.15) is 5.82 Å². The molecule has 0 radical (unpaired) electrons. The second kappa shape index (κ2) is 6.08. The van der Waals surface area contributed by atoms with E-state index in [-0.39, 0.29) is 17.1 Å². The van der Waals surface area contributed by atoms with Gasteiger partial charge in [-0.05, 0) is 18.2 Å². The molecule has 2 aromatic rings. The molecular formula is C14H14FN3O3. The highest BCUT2D eigenvalue weighted by Gasteiger charge is 2.16. The van der Waals surface area contributed by atoms with E-state index in [4.69, 9.17) is 15.2 Å². The Hall–Kier alpha value is -2.83. The lowest BCUT2D eigenvalue weighted by Crippen LogP contribution is -2.15.